The van der Waals surface area contributed by atoms with E-state index >= 15 is 4.39 Å². The number of ether oxygens (including phenoxy) is 2. The number of halogens is 6. The number of hydrogen-bond donors (Lipinski definition) is 2. The maximum atomic E-state index is 15.1. The van der Waals surface area contributed by atoms with Crippen LogP contribution in [0.15, 0.2) is 54.6 Å². The molecule has 0 saturated heterocycles. The number of alkyl halides is 2. The van der Waals surface area contributed by atoms with Crippen molar-refractivity contribution in [3.8, 4) is 0 Å². The molecule has 256 valence electrons. The molecule has 1 saturated carbocycles. The van der Waals surface area contributed by atoms with Crippen LogP contribution in [0, 0.1) is 11.7 Å². The van der Waals surface area contributed by atoms with E-state index < -0.39 is 62.9 Å². The molecule has 2 unspecified atom stereocenters. The van der Waals surface area contributed by atoms with Crippen LogP contribution in [0.2, 0.25) is 15.1 Å². The topological polar surface area (TPSA) is 114 Å². The molecule has 0 heterocycles. The number of nitrogens with zero attached hydrogens (tertiary/aromatic N) is 1. The minimum absolute atomic E-state index is 0.00547. The average molecular weight is 762 g/mol. The second kappa shape index (κ2) is 13.9. The van der Waals surface area contributed by atoms with E-state index in [1.165, 1.54) is 24.3 Å². The molecule has 15 heteroatoms. The number of benzene rings is 3. The molecule has 0 radical (unpaired) electrons. The van der Waals surface area contributed by atoms with E-state index in [1.54, 1.807) is 59.7 Å². The second-order valence-corrected chi connectivity index (χ2v) is 15.7. The van der Waals surface area contributed by atoms with E-state index in [0.29, 0.717) is 20.5 Å². The van der Waals surface area contributed by atoms with E-state index in [4.69, 9.17) is 67.5 Å². The lowest BCUT2D eigenvalue weighted by Gasteiger charge is -2.29. The van der Waals surface area contributed by atoms with Crippen LogP contribution in [-0.2, 0) is 14.3 Å². The van der Waals surface area contributed by atoms with Crippen molar-refractivity contribution in [3.05, 3.63) is 86.6 Å². The van der Waals surface area contributed by atoms with E-state index in [2.05, 4.69) is 10.6 Å². The van der Waals surface area contributed by atoms with Crippen molar-refractivity contribution in [2.24, 2.45) is 5.92 Å². The van der Waals surface area contributed by atoms with Gasteiger partial charge < -0.3 is 20.1 Å². The number of rotatable bonds is 6. The minimum atomic E-state index is -1.43. The normalized spacial score (nSPS) is 16.8. The van der Waals surface area contributed by atoms with Gasteiger partial charge in [0.05, 0.1) is 22.2 Å². The lowest BCUT2D eigenvalue weighted by Crippen LogP contribution is -2.44. The van der Waals surface area contributed by atoms with Crippen molar-refractivity contribution >= 4 is 99.1 Å². The summed E-state index contributed by atoms with van der Waals surface area (Å²) in [6.45, 7) is 9.45. The quantitative estimate of drug-likeness (QED) is 0.242. The number of anilines is 3. The van der Waals surface area contributed by atoms with E-state index in [9.17, 15) is 19.2 Å². The van der Waals surface area contributed by atoms with Crippen LogP contribution in [-0.4, -0.2) is 39.5 Å². The molecular weight excluding hydrogens is 731 g/mol. The van der Waals surface area contributed by atoms with Crippen molar-refractivity contribution < 1.29 is 33.0 Å². The van der Waals surface area contributed by atoms with Crippen LogP contribution in [0.4, 0.5) is 31.0 Å². The first-order valence-corrected chi connectivity index (χ1v) is 16.3. The average Bonchev–Trinajstić information content (AvgIpc) is 3.51. The van der Waals surface area contributed by atoms with Crippen LogP contribution in [0.3, 0.4) is 0 Å². The Kier molecular flexibility index (Phi) is 10.9. The van der Waals surface area contributed by atoms with Gasteiger partial charge in [0, 0.05) is 27.3 Å². The van der Waals surface area contributed by atoms with Gasteiger partial charge in [-0.3, -0.25) is 9.59 Å². The summed E-state index contributed by atoms with van der Waals surface area (Å²) < 4.78 is 24.4. The highest BCUT2D eigenvalue weighted by atomic mass is 35.5. The van der Waals surface area contributed by atoms with Gasteiger partial charge in [-0.1, -0.05) is 34.8 Å². The zero-order valence-electron chi connectivity index (χ0n) is 26.5. The summed E-state index contributed by atoms with van der Waals surface area (Å²) in [5.41, 5.74) is -1.87. The molecule has 1 aliphatic rings. The SMILES string of the molecule is CC(C)(C)OC(=O)N(C(=O)OC(C)(C)C)c1cc(NC(=O)c2cc(NC(=O)C3C(c4cc(Cl)cc(Cl)c4)C3(Cl)Cl)ccc2Cl)ccc1F. The van der Waals surface area contributed by atoms with E-state index in [1.807, 2.05) is 0 Å². The van der Waals surface area contributed by atoms with Crippen molar-refractivity contribution in [1.29, 1.82) is 0 Å². The fraction of sp³-hybridized carbons (Fsp3) is 0.333. The summed E-state index contributed by atoms with van der Waals surface area (Å²) in [5.74, 6) is -3.71. The Balaban J connectivity index is 1.56. The summed E-state index contributed by atoms with van der Waals surface area (Å²) in [6, 6.07) is 12.2. The zero-order chi connectivity index (χ0) is 35.9. The Morgan fingerprint density at radius 2 is 1.29 bits per heavy atom. The highest BCUT2D eigenvalue weighted by molar-refractivity contribution is 6.53. The van der Waals surface area contributed by atoms with Crippen molar-refractivity contribution in [2.75, 3.05) is 15.5 Å². The summed E-state index contributed by atoms with van der Waals surface area (Å²) in [4.78, 5) is 53.1. The third kappa shape index (κ3) is 9.03. The van der Waals surface area contributed by atoms with Crippen LogP contribution >= 0.6 is 58.0 Å². The number of nitrogens with one attached hydrogen (secondary N) is 2. The van der Waals surface area contributed by atoms with E-state index in [-0.39, 0.29) is 22.0 Å². The lowest BCUT2D eigenvalue weighted by molar-refractivity contribution is -0.117. The number of imide groups is 1. The van der Waals surface area contributed by atoms with Gasteiger partial charge in [-0.15, -0.1) is 23.2 Å². The monoisotopic (exact) mass is 759 g/mol. The molecule has 3 aromatic rings. The summed E-state index contributed by atoms with van der Waals surface area (Å²) in [6.07, 6.45) is -2.39. The first-order chi connectivity index (χ1) is 22.1. The fourth-order valence-electron chi connectivity index (χ4n) is 4.67. The minimum Gasteiger partial charge on any atom is -0.443 e. The first-order valence-electron chi connectivity index (χ1n) is 14.4. The van der Waals surface area contributed by atoms with E-state index in [0.717, 1.165) is 12.1 Å². The maximum absolute atomic E-state index is 15.1. The van der Waals surface area contributed by atoms with Gasteiger partial charge in [0.15, 0.2) is 0 Å². The summed E-state index contributed by atoms with van der Waals surface area (Å²) >= 11 is 31.5. The molecule has 1 aliphatic carbocycles. The Bertz CT molecular complexity index is 1740. The largest absolute Gasteiger partial charge is 0.443 e. The zero-order valence-corrected chi connectivity index (χ0v) is 30.3. The van der Waals surface area contributed by atoms with Gasteiger partial charge >= 0.3 is 12.2 Å². The predicted molar refractivity (Wildman–Crippen MR) is 187 cm³/mol. The standard InChI is InChI=1S/C33H31Cl5FN3O6/c1-31(2,3)47-29(45)42(30(46)48-32(4,5)6)24-15-20(8-10-23(24)39)40-27(43)21-14-19(7-9-22(21)36)41-28(44)26-25(33(26,37)38)16-11-17(34)13-18(35)12-16/h7-15,25-26H,1-6H3,(H,40,43)(H,41,44). The predicted octanol–water partition coefficient (Wildman–Crippen LogP) is 10.2. The van der Waals surface area contributed by atoms with Crippen LogP contribution < -0.4 is 15.5 Å². The summed E-state index contributed by atoms with van der Waals surface area (Å²) in [5, 5.41) is 6.00. The van der Waals surface area contributed by atoms with Gasteiger partial charge in [-0.25, -0.2) is 14.0 Å². The van der Waals surface area contributed by atoms with Gasteiger partial charge in [0.1, 0.15) is 21.4 Å². The second-order valence-electron chi connectivity index (χ2n) is 12.9. The van der Waals surface area contributed by atoms with Crippen LogP contribution in [0.5, 0.6) is 0 Å². The lowest BCUT2D eigenvalue weighted by atomic mass is 10.1. The van der Waals surface area contributed by atoms with Gasteiger partial charge in [0.25, 0.3) is 5.91 Å². The molecule has 2 atom stereocenters. The Morgan fingerprint density at radius 3 is 1.83 bits per heavy atom. The third-order valence-corrected chi connectivity index (χ3v) is 8.36. The Hall–Kier alpha value is -3.28. The highest BCUT2D eigenvalue weighted by Crippen LogP contribution is 2.65. The molecule has 0 aromatic heterocycles. The number of carbonyl (C=O) groups excluding carboxylic acids is 4. The smallest absolute Gasteiger partial charge is 0.424 e. The van der Waals surface area contributed by atoms with Gasteiger partial charge in [0.2, 0.25) is 5.91 Å². The molecule has 1 fully saturated rings. The molecular formula is C33H31Cl5FN3O6. The van der Waals surface area contributed by atoms with Crippen LogP contribution in [0.25, 0.3) is 0 Å². The van der Waals surface area contributed by atoms with Crippen molar-refractivity contribution in [3.63, 3.8) is 0 Å². The van der Waals surface area contributed by atoms with Gasteiger partial charge in [-0.05, 0) is 102 Å². The Morgan fingerprint density at radius 1 is 0.771 bits per heavy atom. The number of carbonyl (C=O) groups is 4. The third-order valence-electron chi connectivity index (χ3n) is 6.66. The molecule has 4 amide bonds. The highest BCUT2D eigenvalue weighted by Gasteiger charge is 2.67. The maximum Gasteiger partial charge on any atom is 0.424 e. The molecule has 0 bridgehead atoms. The van der Waals surface area contributed by atoms with Gasteiger partial charge in [-0.2, -0.15) is 4.90 Å². The fourth-order valence-corrected chi connectivity index (χ4v) is 6.24. The molecule has 3 aromatic carbocycles. The summed E-state index contributed by atoms with van der Waals surface area (Å²) in [7, 11) is 0. The number of amides is 4. The number of hydrogen-bond acceptors (Lipinski definition) is 6. The van der Waals surface area contributed by atoms with Crippen molar-refractivity contribution in [2.45, 2.75) is 63.0 Å². The molecule has 0 spiro atoms. The Labute approximate surface area is 301 Å². The molecule has 2 N–H and O–H groups in total. The van der Waals surface area contributed by atoms with Crippen molar-refractivity contribution in [1.82, 2.24) is 0 Å². The molecule has 48 heavy (non-hydrogen) atoms. The first kappa shape index (κ1) is 37.5. The van der Waals surface area contributed by atoms with Crippen LogP contribution in [0.1, 0.15) is 63.4 Å². The molecule has 4 rings (SSSR count). The molecule has 9 nitrogen and oxygen atoms in total. The molecule has 0 aliphatic heterocycles.